The minimum Gasteiger partial charge on any atom is -0.490 e. The molecule has 2 nitrogen and oxygen atoms in total. The molecule has 0 radical (unpaired) electrons. The van der Waals surface area contributed by atoms with Gasteiger partial charge in [0.05, 0.1) is 6.61 Å². The number of carbonyl (C=O) groups excluding carboxylic acids is 1. The Bertz CT molecular complexity index is 366. The molecule has 0 N–H and O–H groups in total. The SMILES string of the molecule is CCCCCOc1cc(C(=O)Cl)ccc1F. The van der Waals surface area contributed by atoms with Crippen molar-refractivity contribution in [3.05, 3.63) is 29.6 Å². The molecule has 0 bridgehead atoms. The predicted octanol–water partition coefficient (Wildman–Crippen LogP) is 3.77. The van der Waals surface area contributed by atoms with Crippen LogP contribution >= 0.6 is 11.6 Å². The van der Waals surface area contributed by atoms with Gasteiger partial charge in [0.15, 0.2) is 11.6 Å². The lowest BCUT2D eigenvalue weighted by Crippen LogP contribution is -2.00. The minimum absolute atomic E-state index is 0.0857. The molecule has 0 fully saturated rings. The molecule has 0 aliphatic carbocycles. The van der Waals surface area contributed by atoms with Crippen molar-refractivity contribution in [3.8, 4) is 5.75 Å². The Morgan fingerprint density at radius 2 is 2.19 bits per heavy atom. The predicted molar refractivity (Wildman–Crippen MR) is 61.6 cm³/mol. The fraction of sp³-hybridized carbons (Fsp3) is 0.417. The monoisotopic (exact) mass is 244 g/mol. The number of benzene rings is 1. The Morgan fingerprint density at radius 3 is 2.81 bits per heavy atom. The Labute approximate surface area is 99.4 Å². The van der Waals surface area contributed by atoms with Gasteiger partial charge in [0.25, 0.3) is 5.24 Å². The summed E-state index contributed by atoms with van der Waals surface area (Å²) in [6.07, 6.45) is 2.98. The van der Waals surface area contributed by atoms with Gasteiger partial charge in [-0.3, -0.25) is 4.79 Å². The lowest BCUT2D eigenvalue weighted by Gasteiger charge is -2.07. The van der Waals surface area contributed by atoms with Crippen LogP contribution in [0.2, 0.25) is 0 Å². The van der Waals surface area contributed by atoms with Crippen molar-refractivity contribution in [1.29, 1.82) is 0 Å². The van der Waals surface area contributed by atoms with E-state index in [4.69, 9.17) is 16.3 Å². The van der Waals surface area contributed by atoms with Crippen LogP contribution in [0.5, 0.6) is 5.75 Å². The molecule has 0 amide bonds. The maximum Gasteiger partial charge on any atom is 0.252 e. The normalized spacial score (nSPS) is 10.2. The maximum atomic E-state index is 13.3. The van der Waals surface area contributed by atoms with Crippen molar-refractivity contribution < 1.29 is 13.9 Å². The third-order valence-corrected chi connectivity index (χ3v) is 2.38. The second kappa shape index (κ2) is 6.48. The highest BCUT2D eigenvalue weighted by Crippen LogP contribution is 2.20. The number of hydrogen-bond donors (Lipinski definition) is 0. The van der Waals surface area contributed by atoms with Crippen LogP contribution in [0, 0.1) is 5.82 Å². The fourth-order valence-corrected chi connectivity index (χ4v) is 1.39. The molecule has 0 aliphatic rings. The van der Waals surface area contributed by atoms with Gasteiger partial charge in [-0.2, -0.15) is 0 Å². The zero-order valence-corrected chi connectivity index (χ0v) is 9.89. The number of carbonyl (C=O) groups is 1. The van der Waals surface area contributed by atoms with Crippen molar-refractivity contribution in [2.45, 2.75) is 26.2 Å². The molecule has 0 aliphatic heterocycles. The summed E-state index contributed by atoms with van der Waals surface area (Å²) in [7, 11) is 0. The van der Waals surface area contributed by atoms with E-state index in [9.17, 15) is 9.18 Å². The van der Waals surface area contributed by atoms with Crippen LogP contribution in [0.15, 0.2) is 18.2 Å². The van der Waals surface area contributed by atoms with Gasteiger partial charge in [0.1, 0.15) is 0 Å². The number of hydrogen-bond acceptors (Lipinski definition) is 2. The first-order chi connectivity index (χ1) is 7.65. The van der Waals surface area contributed by atoms with Crippen LogP contribution in [-0.2, 0) is 0 Å². The molecule has 88 valence electrons. The van der Waals surface area contributed by atoms with Crippen molar-refractivity contribution in [3.63, 3.8) is 0 Å². The van der Waals surface area contributed by atoms with Crippen LogP contribution in [-0.4, -0.2) is 11.8 Å². The van der Waals surface area contributed by atoms with Gasteiger partial charge in [0.2, 0.25) is 0 Å². The Kier molecular flexibility index (Phi) is 5.26. The molecule has 0 heterocycles. The Morgan fingerprint density at radius 1 is 1.44 bits per heavy atom. The van der Waals surface area contributed by atoms with E-state index in [2.05, 4.69) is 6.92 Å². The Hall–Kier alpha value is -1.09. The maximum absolute atomic E-state index is 13.3. The first-order valence-electron chi connectivity index (χ1n) is 5.27. The summed E-state index contributed by atoms with van der Waals surface area (Å²) >= 11 is 5.29. The van der Waals surface area contributed by atoms with E-state index in [0.717, 1.165) is 19.3 Å². The highest BCUT2D eigenvalue weighted by atomic mass is 35.5. The molecule has 1 aromatic rings. The van der Waals surface area contributed by atoms with Gasteiger partial charge in [-0.05, 0) is 36.2 Å². The first-order valence-corrected chi connectivity index (χ1v) is 5.65. The average molecular weight is 245 g/mol. The highest BCUT2D eigenvalue weighted by Gasteiger charge is 2.08. The summed E-state index contributed by atoms with van der Waals surface area (Å²) < 4.78 is 18.5. The second-order valence-electron chi connectivity index (χ2n) is 3.47. The Balaban J connectivity index is 2.63. The number of unbranched alkanes of at least 4 members (excludes halogenated alkanes) is 2. The highest BCUT2D eigenvalue weighted by molar-refractivity contribution is 6.67. The van der Waals surface area contributed by atoms with Crippen molar-refractivity contribution >= 4 is 16.8 Å². The fourth-order valence-electron chi connectivity index (χ4n) is 1.27. The van der Waals surface area contributed by atoms with Crippen LogP contribution in [0.3, 0.4) is 0 Å². The van der Waals surface area contributed by atoms with E-state index in [1.54, 1.807) is 0 Å². The summed E-state index contributed by atoms with van der Waals surface area (Å²) in [4.78, 5) is 10.9. The molecule has 1 rings (SSSR count). The smallest absolute Gasteiger partial charge is 0.252 e. The van der Waals surface area contributed by atoms with Gasteiger partial charge in [-0.15, -0.1) is 0 Å². The van der Waals surface area contributed by atoms with E-state index in [-0.39, 0.29) is 11.3 Å². The van der Waals surface area contributed by atoms with E-state index in [1.807, 2.05) is 0 Å². The van der Waals surface area contributed by atoms with E-state index < -0.39 is 11.1 Å². The summed E-state index contributed by atoms with van der Waals surface area (Å²) in [5, 5.41) is -0.613. The van der Waals surface area contributed by atoms with Crippen LogP contribution in [0.1, 0.15) is 36.5 Å². The third-order valence-electron chi connectivity index (χ3n) is 2.16. The first kappa shape index (κ1) is 13.0. The number of rotatable bonds is 6. The molecule has 0 aromatic heterocycles. The van der Waals surface area contributed by atoms with Crippen LogP contribution in [0.25, 0.3) is 0 Å². The zero-order chi connectivity index (χ0) is 12.0. The minimum atomic E-state index is -0.613. The van der Waals surface area contributed by atoms with Gasteiger partial charge in [0, 0.05) is 5.56 Å². The van der Waals surface area contributed by atoms with Gasteiger partial charge in [-0.1, -0.05) is 19.8 Å². The van der Waals surface area contributed by atoms with Gasteiger partial charge >= 0.3 is 0 Å². The summed E-state index contributed by atoms with van der Waals surface area (Å²) in [6, 6.07) is 3.85. The van der Waals surface area contributed by atoms with Crippen molar-refractivity contribution in [2.75, 3.05) is 6.61 Å². The summed E-state index contributed by atoms with van der Waals surface area (Å²) in [5.74, 6) is -0.388. The van der Waals surface area contributed by atoms with E-state index >= 15 is 0 Å². The quantitative estimate of drug-likeness (QED) is 0.562. The summed E-state index contributed by atoms with van der Waals surface area (Å²) in [5.41, 5.74) is 0.244. The number of halogens is 2. The van der Waals surface area contributed by atoms with Crippen molar-refractivity contribution in [1.82, 2.24) is 0 Å². The van der Waals surface area contributed by atoms with E-state index in [1.165, 1.54) is 18.2 Å². The summed E-state index contributed by atoms with van der Waals surface area (Å²) in [6.45, 7) is 2.53. The third kappa shape index (κ3) is 3.81. The molecule has 0 saturated heterocycles. The average Bonchev–Trinajstić information content (AvgIpc) is 2.26. The largest absolute Gasteiger partial charge is 0.490 e. The van der Waals surface area contributed by atoms with Gasteiger partial charge < -0.3 is 4.74 Å². The zero-order valence-electron chi connectivity index (χ0n) is 9.13. The molecule has 1 aromatic carbocycles. The topological polar surface area (TPSA) is 26.3 Å². The second-order valence-corrected chi connectivity index (χ2v) is 3.82. The molecular weight excluding hydrogens is 231 g/mol. The molecule has 0 unspecified atom stereocenters. The molecule has 4 heteroatoms. The molecule has 16 heavy (non-hydrogen) atoms. The van der Waals surface area contributed by atoms with Crippen LogP contribution < -0.4 is 4.74 Å². The molecular formula is C12H14ClFO2. The van der Waals surface area contributed by atoms with Crippen molar-refractivity contribution in [2.24, 2.45) is 0 Å². The lowest BCUT2D eigenvalue weighted by atomic mass is 10.2. The lowest BCUT2D eigenvalue weighted by molar-refractivity contribution is 0.108. The van der Waals surface area contributed by atoms with E-state index in [0.29, 0.717) is 6.61 Å². The molecule has 0 saturated carbocycles. The van der Waals surface area contributed by atoms with Gasteiger partial charge in [-0.25, -0.2) is 4.39 Å². The molecule has 0 spiro atoms. The number of ether oxygens (including phenoxy) is 1. The van der Waals surface area contributed by atoms with Crippen LogP contribution in [0.4, 0.5) is 4.39 Å². The molecule has 0 atom stereocenters. The standard InChI is InChI=1S/C12H14ClFO2/c1-2-3-4-7-16-11-8-9(12(13)15)5-6-10(11)14/h5-6,8H,2-4,7H2,1H3.